The predicted molar refractivity (Wildman–Crippen MR) is 118 cm³/mol. The molecular weight excluding hydrogens is 416 g/mol. The molecule has 3 aromatic rings. The Morgan fingerprint density at radius 3 is 2.45 bits per heavy atom. The van der Waals surface area contributed by atoms with E-state index in [9.17, 15) is 13.2 Å². The number of rotatable bonds is 5. The van der Waals surface area contributed by atoms with E-state index in [0.717, 1.165) is 31.2 Å². The Hall–Kier alpha value is -2.58. The molecule has 1 aliphatic heterocycles. The quantitative estimate of drug-likeness (QED) is 0.628. The van der Waals surface area contributed by atoms with E-state index in [1.807, 2.05) is 24.8 Å². The SMILES string of the molecule is Cc1cc2c(C)c(C(=O)N3CCCCCC3)oc2c(S(=O)(=O)NCc2ccco2)c1C. The van der Waals surface area contributed by atoms with Crippen LogP contribution in [0.1, 0.15) is 58.7 Å². The minimum Gasteiger partial charge on any atom is -0.468 e. The number of sulfonamides is 1. The molecule has 3 heterocycles. The number of nitrogens with one attached hydrogen (secondary N) is 1. The van der Waals surface area contributed by atoms with Gasteiger partial charge in [0.2, 0.25) is 10.0 Å². The van der Waals surface area contributed by atoms with Gasteiger partial charge in [-0.05, 0) is 62.9 Å². The van der Waals surface area contributed by atoms with Gasteiger partial charge in [-0.25, -0.2) is 13.1 Å². The molecule has 1 fully saturated rings. The summed E-state index contributed by atoms with van der Waals surface area (Å²) in [7, 11) is -3.90. The average molecular weight is 445 g/mol. The van der Waals surface area contributed by atoms with Crippen molar-refractivity contribution in [2.75, 3.05) is 13.1 Å². The normalized spacial score (nSPS) is 15.4. The van der Waals surface area contributed by atoms with E-state index in [0.29, 0.717) is 35.4 Å². The number of benzene rings is 1. The van der Waals surface area contributed by atoms with Gasteiger partial charge in [-0.15, -0.1) is 0 Å². The fourth-order valence-corrected chi connectivity index (χ4v) is 5.58. The van der Waals surface area contributed by atoms with Gasteiger partial charge in [-0.1, -0.05) is 12.8 Å². The van der Waals surface area contributed by atoms with E-state index in [1.165, 1.54) is 6.26 Å². The Bertz CT molecular complexity index is 1200. The van der Waals surface area contributed by atoms with Crippen LogP contribution in [0.15, 0.2) is 38.2 Å². The van der Waals surface area contributed by atoms with Crippen LogP contribution in [0, 0.1) is 20.8 Å². The van der Waals surface area contributed by atoms with Gasteiger partial charge >= 0.3 is 0 Å². The second-order valence-electron chi connectivity index (χ2n) is 8.19. The monoisotopic (exact) mass is 444 g/mol. The van der Waals surface area contributed by atoms with E-state index < -0.39 is 10.0 Å². The van der Waals surface area contributed by atoms with Crippen LogP contribution < -0.4 is 4.72 Å². The van der Waals surface area contributed by atoms with Crippen molar-refractivity contribution in [1.82, 2.24) is 9.62 Å². The summed E-state index contributed by atoms with van der Waals surface area (Å²) in [5, 5.41) is 0.652. The minimum absolute atomic E-state index is 0.0312. The highest BCUT2D eigenvalue weighted by atomic mass is 32.2. The van der Waals surface area contributed by atoms with Crippen LogP contribution in [0.5, 0.6) is 0 Å². The number of aryl methyl sites for hydroxylation is 2. The van der Waals surface area contributed by atoms with Crippen molar-refractivity contribution in [3.63, 3.8) is 0 Å². The number of carbonyl (C=O) groups excluding carboxylic acids is 1. The lowest BCUT2D eigenvalue weighted by Gasteiger charge is -2.19. The summed E-state index contributed by atoms with van der Waals surface area (Å²) >= 11 is 0. The first-order valence-electron chi connectivity index (χ1n) is 10.6. The molecular formula is C23H28N2O5S. The number of carbonyl (C=O) groups is 1. The summed E-state index contributed by atoms with van der Waals surface area (Å²) < 4.78 is 40.3. The highest BCUT2D eigenvalue weighted by molar-refractivity contribution is 7.89. The van der Waals surface area contributed by atoms with Crippen molar-refractivity contribution in [3.05, 3.63) is 52.7 Å². The zero-order chi connectivity index (χ0) is 22.2. The summed E-state index contributed by atoms with van der Waals surface area (Å²) in [5.41, 5.74) is 2.33. The van der Waals surface area contributed by atoms with E-state index in [1.54, 1.807) is 19.1 Å². The highest BCUT2D eigenvalue weighted by Gasteiger charge is 2.30. The molecule has 1 aromatic carbocycles. The van der Waals surface area contributed by atoms with Gasteiger partial charge in [0.15, 0.2) is 11.3 Å². The summed E-state index contributed by atoms with van der Waals surface area (Å²) in [4.78, 5) is 15.1. The molecule has 0 aliphatic carbocycles. The number of amides is 1. The van der Waals surface area contributed by atoms with Gasteiger partial charge in [0.05, 0.1) is 12.8 Å². The fraction of sp³-hybridized carbons (Fsp3) is 0.435. The van der Waals surface area contributed by atoms with E-state index in [2.05, 4.69) is 4.72 Å². The third kappa shape index (κ3) is 4.14. The lowest BCUT2D eigenvalue weighted by Crippen LogP contribution is -2.31. The predicted octanol–water partition coefficient (Wildman–Crippen LogP) is 4.45. The Labute approximate surface area is 182 Å². The largest absolute Gasteiger partial charge is 0.468 e. The maximum atomic E-state index is 13.2. The average Bonchev–Trinajstić information content (AvgIpc) is 3.26. The Balaban J connectivity index is 1.77. The number of fused-ring (bicyclic) bond motifs is 1. The van der Waals surface area contributed by atoms with Crippen molar-refractivity contribution in [3.8, 4) is 0 Å². The van der Waals surface area contributed by atoms with E-state index in [-0.39, 0.29) is 28.7 Å². The van der Waals surface area contributed by atoms with Gasteiger partial charge < -0.3 is 13.7 Å². The molecule has 1 saturated heterocycles. The maximum absolute atomic E-state index is 13.2. The molecule has 0 saturated carbocycles. The molecule has 0 radical (unpaired) electrons. The molecule has 31 heavy (non-hydrogen) atoms. The molecule has 4 rings (SSSR count). The van der Waals surface area contributed by atoms with Crippen molar-refractivity contribution < 1.29 is 22.0 Å². The molecule has 1 amide bonds. The van der Waals surface area contributed by atoms with Crippen molar-refractivity contribution in [2.24, 2.45) is 0 Å². The van der Waals surface area contributed by atoms with Gasteiger partial charge in [0.1, 0.15) is 10.7 Å². The molecule has 166 valence electrons. The van der Waals surface area contributed by atoms with Crippen LogP contribution in [0.4, 0.5) is 0 Å². The first-order valence-corrected chi connectivity index (χ1v) is 12.1. The lowest BCUT2D eigenvalue weighted by molar-refractivity contribution is 0.0731. The number of likely N-dealkylation sites (tertiary alicyclic amines) is 1. The van der Waals surface area contributed by atoms with Gasteiger partial charge in [0.25, 0.3) is 5.91 Å². The zero-order valence-corrected chi connectivity index (χ0v) is 19.0. The van der Waals surface area contributed by atoms with Crippen LogP contribution in [0.25, 0.3) is 11.0 Å². The van der Waals surface area contributed by atoms with Crippen LogP contribution in [0.2, 0.25) is 0 Å². The fourth-order valence-electron chi connectivity index (χ4n) is 4.14. The first kappa shape index (κ1) is 21.6. The van der Waals surface area contributed by atoms with Crippen LogP contribution >= 0.6 is 0 Å². The van der Waals surface area contributed by atoms with Crippen molar-refractivity contribution in [2.45, 2.75) is 57.9 Å². The highest BCUT2D eigenvalue weighted by Crippen LogP contribution is 2.35. The molecule has 0 bridgehead atoms. The van der Waals surface area contributed by atoms with E-state index >= 15 is 0 Å². The number of hydrogen-bond acceptors (Lipinski definition) is 5. The third-order valence-electron chi connectivity index (χ3n) is 6.07. The second-order valence-corrected chi connectivity index (χ2v) is 9.89. The van der Waals surface area contributed by atoms with Crippen LogP contribution in [0.3, 0.4) is 0 Å². The van der Waals surface area contributed by atoms with Gasteiger partial charge in [-0.3, -0.25) is 4.79 Å². The Kier molecular flexibility index (Phi) is 5.94. The number of furan rings is 2. The molecule has 2 aromatic heterocycles. The molecule has 8 heteroatoms. The zero-order valence-electron chi connectivity index (χ0n) is 18.2. The molecule has 7 nitrogen and oxygen atoms in total. The molecule has 0 spiro atoms. The Morgan fingerprint density at radius 2 is 1.81 bits per heavy atom. The van der Waals surface area contributed by atoms with Gasteiger partial charge in [0, 0.05) is 24.0 Å². The lowest BCUT2D eigenvalue weighted by atomic mass is 10.0. The topological polar surface area (TPSA) is 92.8 Å². The van der Waals surface area contributed by atoms with Crippen molar-refractivity contribution in [1.29, 1.82) is 0 Å². The minimum atomic E-state index is -3.90. The molecule has 1 aliphatic rings. The third-order valence-corrected chi connectivity index (χ3v) is 7.62. The first-order chi connectivity index (χ1) is 14.8. The standard InChI is InChI=1S/C23H28N2O5S/c1-15-13-19-17(3)20(23(26)25-10-6-4-5-7-11-25)30-21(19)22(16(15)2)31(27,28)24-14-18-9-8-12-29-18/h8-9,12-13,24H,4-7,10-11,14H2,1-3H3. The second kappa shape index (κ2) is 8.51. The summed E-state index contributed by atoms with van der Waals surface area (Å²) in [6.07, 6.45) is 5.67. The van der Waals surface area contributed by atoms with Crippen LogP contribution in [-0.2, 0) is 16.6 Å². The Morgan fingerprint density at radius 1 is 1.10 bits per heavy atom. The molecule has 1 N–H and O–H groups in total. The molecule has 0 atom stereocenters. The summed E-state index contributed by atoms with van der Waals surface area (Å²) in [5.74, 6) is 0.569. The van der Waals surface area contributed by atoms with Crippen molar-refractivity contribution >= 4 is 26.9 Å². The van der Waals surface area contributed by atoms with E-state index in [4.69, 9.17) is 8.83 Å². The summed E-state index contributed by atoms with van der Waals surface area (Å²) in [6, 6.07) is 5.31. The van der Waals surface area contributed by atoms with Crippen LogP contribution in [-0.4, -0.2) is 32.3 Å². The summed E-state index contributed by atoms with van der Waals surface area (Å²) in [6.45, 7) is 6.86. The van der Waals surface area contributed by atoms with Gasteiger partial charge in [-0.2, -0.15) is 0 Å². The number of hydrogen-bond donors (Lipinski definition) is 1. The smallest absolute Gasteiger partial charge is 0.289 e. The maximum Gasteiger partial charge on any atom is 0.289 e. The molecule has 0 unspecified atom stereocenters. The number of nitrogens with zero attached hydrogens (tertiary/aromatic N) is 1.